The number of carbonyl (C=O) groups excluding carboxylic acids is 1. The van der Waals surface area contributed by atoms with Gasteiger partial charge in [-0.05, 0) is 6.07 Å². The van der Waals surface area contributed by atoms with Crippen molar-refractivity contribution >= 4 is 17.4 Å². The molecule has 0 radical (unpaired) electrons. The van der Waals surface area contributed by atoms with Crippen molar-refractivity contribution in [3.05, 3.63) is 28.5 Å². The van der Waals surface area contributed by atoms with Gasteiger partial charge < -0.3 is 0 Å². The van der Waals surface area contributed by atoms with Crippen LogP contribution in [-0.4, -0.2) is 16.9 Å². The van der Waals surface area contributed by atoms with Crippen molar-refractivity contribution in [2.24, 2.45) is 0 Å². The molecule has 0 aliphatic rings. The summed E-state index contributed by atoms with van der Waals surface area (Å²) in [7, 11) is 0. The highest BCUT2D eigenvalue weighted by atomic mass is 35.5. The first-order chi connectivity index (χ1) is 7.53. The second kappa shape index (κ2) is 4.17. The van der Waals surface area contributed by atoms with E-state index in [9.17, 15) is 31.1 Å². The Labute approximate surface area is 95.2 Å². The molecule has 0 saturated heterocycles. The summed E-state index contributed by atoms with van der Waals surface area (Å²) in [6.07, 6.45) is -10.4. The van der Waals surface area contributed by atoms with Crippen LogP contribution in [0.2, 0.25) is 5.15 Å². The zero-order valence-corrected chi connectivity index (χ0v) is 8.41. The number of pyridine rings is 1. The average Bonchev–Trinajstić information content (AvgIpc) is 2.14. The number of rotatable bonds is 1. The molecule has 1 rings (SSSR count). The van der Waals surface area contributed by atoms with Gasteiger partial charge in [0.05, 0.1) is 11.1 Å². The molecule has 0 N–H and O–H groups in total. The summed E-state index contributed by atoms with van der Waals surface area (Å²) >= 11 is 5.14. The van der Waals surface area contributed by atoms with Gasteiger partial charge in [0.2, 0.25) is 0 Å². The van der Waals surface area contributed by atoms with E-state index in [0.29, 0.717) is 0 Å². The maximum Gasteiger partial charge on any atom is 0.454 e. The molecule has 0 aliphatic heterocycles. The molecule has 0 atom stereocenters. The van der Waals surface area contributed by atoms with E-state index in [4.69, 9.17) is 11.6 Å². The van der Waals surface area contributed by atoms with Crippen molar-refractivity contribution in [1.82, 2.24) is 4.98 Å². The fourth-order valence-corrected chi connectivity index (χ4v) is 1.16. The molecule has 0 saturated carbocycles. The molecule has 94 valence electrons. The Hall–Kier alpha value is -1.31. The van der Waals surface area contributed by atoms with Gasteiger partial charge in [0.1, 0.15) is 5.15 Å². The Morgan fingerprint density at radius 3 is 2.12 bits per heavy atom. The fourth-order valence-electron chi connectivity index (χ4n) is 0.998. The number of nitrogens with zero attached hydrogens (tertiary/aromatic N) is 1. The van der Waals surface area contributed by atoms with Gasteiger partial charge in [0.15, 0.2) is 0 Å². The zero-order valence-electron chi connectivity index (χ0n) is 7.66. The van der Waals surface area contributed by atoms with Crippen LogP contribution in [0, 0.1) is 0 Å². The fraction of sp³-hybridized carbons (Fsp3) is 0.250. The molecule has 0 aliphatic carbocycles. The summed E-state index contributed by atoms with van der Waals surface area (Å²) in [4.78, 5) is 13.8. The lowest BCUT2D eigenvalue weighted by molar-refractivity contribution is -0.138. The number of Topliss-reactive ketones (excluding diaryl/α,β-unsaturated/α-hetero) is 1. The molecule has 1 aromatic heterocycles. The minimum absolute atomic E-state index is 0.154. The third-order valence-electron chi connectivity index (χ3n) is 1.68. The van der Waals surface area contributed by atoms with E-state index in [0.717, 1.165) is 0 Å². The Kier molecular flexibility index (Phi) is 3.37. The molecule has 17 heavy (non-hydrogen) atoms. The summed E-state index contributed by atoms with van der Waals surface area (Å²) < 4.78 is 73.2. The molecule has 0 fully saturated rings. The number of carbonyl (C=O) groups is 1. The van der Waals surface area contributed by atoms with Crippen LogP contribution in [0.1, 0.15) is 15.9 Å². The molecule has 0 spiro atoms. The topological polar surface area (TPSA) is 30.0 Å². The van der Waals surface area contributed by atoms with Crippen molar-refractivity contribution in [2.45, 2.75) is 12.4 Å². The van der Waals surface area contributed by atoms with Crippen LogP contribution in [0.4, 0.5) is 26.3 Å². The quantitative estimate of drug-likeness (QED) is 0.447. The summed E-state index contributed by atoms with van der Waals surface area (Å²) in [5, 5.41) is -0.656. The van der Waals surface area contributed by atoms with Crippen molar-refractivity contribution in [3.63, 3.8) is 0 Å². The van der Waals surface area contributed by atoms with Crippen LogP contribution in [0.5, 0.6) is 0 Å². The van der Waals surface area contributed by atoms with E-state index in [1.165, 1.54) is 0 Å². The molecule has 0 bridgehead atoms. The molecule has 0 amide bonds. The van der Waals surface area contributed by atoms with E-state index >= 15 is 0 Å². The predicted octanol–water partition coefficient (Wildman–Crippen LogP) is 3.50. The van der Waals surface area contributed by atoms with Crippen LogP contribution in [0.15, 0.2) is 12.3 Å². The number of alkyl halides is 6. The first-order valence-electron chi connectivity index (χ1n) is 3.87. The van der Waals surface area contributed by atoms with Gasteiger partial charge in [-0.15, -0.1) is 0 Å². The van der Waals surface area contributed by atoms with Gasteiger partial charge in [-0.2, -0.15) is 26.3 Å². The molecule has 1 aromatic rings. The SMILES string of the molecule is O=C(c1cnc(Cl)cc1C(F)(F)F)C(F)(F)F. The van der Waals surface area contributed by atoms with Gasteiger partial charge in [0.25, 0.3) is 5.78 Å². The standard InChI is InChI=1S/C8H2ClF6NO/c9-5-1-4(7(10,11)12)3(2-16-5)6(17)8(13,14)15/h1-2H. The minimum atomic E-state index is -5.41. The van der Waals surface area contributed by atoms with E-state index in [1.54, 1.807) is 0 Å². The Balaban J connectivity index is 3.40. The van der Waals surface area contributed by atoms with Crippen molar-refractivity contribution in [3.8, 4) is 0 Å². The molecule has 9 heteroatoms. The lowest BCUT2D eigenvalue weighted by Crippen LogP contribution is -2.26. The number of ketones is 1. The number of halogens is 7. The maximum atomic E-state index is 12.4. The number of hydrogen-bond donors (Lipinski definition) is 0. The van der Waals surface area contributed by atoms with Gasteiger partial charge in [0, 0.05) is 6.20 Å². The molecule has 0 aromatic carbocycles. The lowest BCUT2D eigenvalue weighted by atomic mass is 10.1. The minimum Gasteiger partial charge on any atom is -0.284 e. The molecular formula is C8H2ClF6NO. The summed E-state index contributed by atoms with van der Waals surface area (Å²) in [5.41, 5.74) is -3.34. The normalized spacial score (nSPS) is 12.6. The average molecular weight is 278 g/mol. The van der Waals surface area contributed by atoms with Crippen molar-refractivity contribution in [1.29, 1.82) is 0 Å². The van der Waals surface area contributed by atoms with Gasteiger partial charge in [-0.1, -0.05) is 11.6 Å². The Morgan fingerprint density at radius 2 is 1.71 bits per heavy atom. The first-order valence-corrected chi connectivity index (χ1v) is 4.25. The largest absolute Gasteiger partial charge is 0.454 e. The number of aromatic nitrogens is 1. The highest BCUT2D eigenvalue weighted by Gasteiger charge is 2.45. The van der Waals surface area contributed by atoms with Gasteiger partial charge in [-0.25, -0.2) is 4.98 Å². The molecule has 1 heterocycles. The maximum absolute atomic E-state index is 12.4. The summed E-state index contributed by atoms with van der Waals surface area (Å²) in [6.45, 7) is 0. The third-order valence-corrected chi connectivity index (χ3v) is 1.88. The van der Waals surface area contributed by atoms with Gasteiger partial charge in [-0.3, -0.25) is 4.79 Å². The second-order valence-electron chi connectivity index (χ2n) is 2.88. The monoisotopic (exact) mass is 277 g/mol. The van der Waals surface area contributed by atoms with E-state index in [2.05, 4.69) is 4.98 Å². The summed E-state index contributed by atoms with van der Waals surface area (Å²) in [6, 6.07) is 0.167. The Morgan fingerprint density at radius 1 is 1.18 bits per heavy atom. The second-order valence-corrected chi connectivity index (χ2v) is 3.26. The van der Waals surface area contributed by atoms with Crippen LogP contribution in [0.3, 0.4) is 0 Å². The van der Waals surface area contributed by atoms with Crippen LogP contribution in [0.25, 0.3) is 0 Å². The van der Waals surface area contributed by atoms with Crippen LogP contribution >= 0.6 is 11.6 Å². The highest BCUT2D eigenvalue weighted by Crippen LogP contribution is 2.35. The van der Waals surface area contributed by atoms with Crippen molar-refractivity contribution < 1.29 is 31.1 Å². The first kappa shape index (κ1) is 13.8. The molecular weight excluding hydrogens is 276 g/mol. The molecule has 0 unspecified atom stereocenters. The summed E-state index contributed by atoms with van der Waals surface area (Å²) in [5.74, 6) is -2.62. The van der Waals surface area contributed by atoms with Gasteiger partial charge >= 0.3 is 12.4 Å². The van der Waals surface area contributed by atoms with Crippen LogP contribution < -0.4 is 0 Å². The van der Waals surface area contributed by atoms with E-state index in [1.807, 2.05) is 0 Å². The van der Waals surface area contributed by atoms with Crippen LogP contribution in [-0.2, 0) is 6.18 Å². The smallest absolute Gasteiger partial charge is 0.284 e. The predicted molar refractivity (Wildman–Crippen MR) is 44.6 cm³/mol. The van der Waals surface area contributed by atoms with E-state index < -0.39 is 34.4 Å². The highest BCUT2D eigenvalue weighted by molar-refractivity contribution is 6.29. The lowest BCUT2D eigenvalue weighted by Gasteiger charge is -2.12. The number of hydrogen-bond acceptors (Lipinski definition) is 2. The molecule has 2 nitrogen and oxygen atoms in total. The van der Waals surface area contributed by atoms with Crippen molar-refractivity contribution in [2.75, 3.05) is 0 Å². The van der Waals surface area contributed by atoms with E-state index in [-0.39, 0.29) is 12.3 Å². The Bertz CT molecular complexity index is 452. The third kappa shape index (κ3) is 3.09. The zero-order chi connectivity index (χ0) is 13.4.